The molecule has 15 heavy (non-hydrogen) atoms. The Bertz CT molecular complexity index is 374. The first-order chi connectivity index (χ1) is 7.02. The number of aryl methyl sites for hydroxylation is 2. The molecule has 0 radical (unpaired) electrons. The Balaban J connectivity index is 2.70. The molecule has 82 valence electrons. The molecule has 0 aliphatic heterocycles. The molecular weight excluding hydrogens is 199 g/mol. The van der Waals surface area contributed by atoms with Crippen LogP contribution in [0, 0.1) is 12.7 Å². The van der Waals surface area contributed by atoms with Gasteiger partial charge in [0.2, 0.25) is 0 Å². The summed E-state index contributed by atoms with van der Waals surface area (Å²) < 4.78 is 13.2. The van der Waals surface area contributed by atoms with Crippen LogP contribution >= 0.6 is 0 Å². The van der Waals surface area contributed by atoms with Gasteiger partial charge in [-0.2, -0.15) is 0 Å². The van der Waals surface area contributed by atoms with Gasteiger partial charge in [-0.25, -0.2) is 4.39 Å². The summed E-state index contributed by atoms with van der Waals surface area (Å²) in [6, 6.07) is 3.20. The van der Waals surface area contributed by atoms with Gasteiger partial charge in [0, 0.05) is 6.42 Å². The number of phenolic OH excluding ortho intramolecular Hbond substituents is 1. The molecule has 0 atom stereocenters. The molecular formula is C11H13FO3. The smallest absolute Gasteiger partial charge is 0.303 e. The maximum absolute atomic E-state index is 13.2. The number of phenols is 1. The summed E-state index contributed by atoms with van der Waals surface area (Å²) in [5.41, 5.74) is 0.842. The average Bonchev–Trinajstić information content (AvgIpc) is 2.18. The number of aromatic hydroxyl groups is 1. The molecule has 4 heteroatoms. The Labute approximate surface area is 87.2 Å². The molecule has 0 amide bonds. The van der Waals surface area contributed by atoms with Gasteiger partial charge < -0.3 is 10.2 Å². The molecule has 0 heterocycles. The van der Waals surface area contributed by atoms with Crippen molar-refractivity contribution in [1.82, 2.24) is 0 Å². The second-order valence-corrected chi connectivity index (χ2v) is 3.45. The molecule has 0 bridgehead atoms. The van der Waals surface area contributed by atoms with Crippen molar-refractivity contribution in [3.8, 4) is 5.75 Å². The van der Waals surface area contributed by atoms with Crippen LogP contribution in [0.4, 0.5) is 4.39 Å². The second kappa shape index (κ2) is 4.77. The maximum atomic E-state index is 13.2. The summed E-state index contributed by atoms with van der Waals surface area (Å²) in [4.78, 5) is 10.3. The minimum absolute atomic E-state index is 0.0228. The molecule has 2 N–H and O–H groups in total. The lowest BCUT2D eigenvalue weighted by Gasteiger charge is -2.06. The van der Waals surface area contributed by atoms with Crippen molar-refractivity contribution in [3.05, 3.63) is 29.1 Å². The molecule has 0 spiro atoms. The minimum Gasteiger partial charge on any atom is -0.505 e. The van der Waals surface area contributed by atoms with E-state index in [9.17, 15) is 14.3 Å². The normalized spacial score (nSPS) is 10.3. The molecule has 1 aromatic carbocycles. The van der Waals surface area contributed by atoms with E-state index in [-0.39, 0.29) is 12.2 Å². The summed E-state index contributed by atoms with van der Waals surface area (Å²) in [7, 11) is 0. The lowest BCUT2D eigenvalue weighted by molar-refractivity contribution is -0.137. The monoisotopic (exact) mass is 212 g/mol. The van der Waals surface area contributed by atoms with E-state index < -0.39 is 11.8 Å². The fourth-order valence-corrected chi connectivity index (χ4v) is 1.34. The number of carbonyl (C=O) groups is 1. The highest BCUT2D eigenvalue weighted by Crippen LogP contribution is 2.25. The first kappa shape index (κ1) is 11.5. The molecule has 1 rings (SSSR count). The highest BCUT2D eigenvalue weighted by Gasteiger charge is 2.09. The average molecular weight is 212 g/mol. The van der Waals surface area contributed by atoms with Gasteiger partial charge in [-0.3, -0.25) is 4.79 Å². The topological polar surface area (TPSA) is 57.5 Å². The Morgan fingerprint density at radius 3 is 2.73 bits per heavy atom. The van der Waals surface area contributed by atoms with Crippen LogP contribution in [-0.2, 0) is 11.2 Å². The van der Waals surface area contributed by atoms with E-state index in [0.717, 1.165) is 0 Å². The zero-order chi connectivity index (χ0) is 11.4. The third-order valence-electron chi connectivity index (χ3n) is 2.23. The van der Waals surface area contributed by atoms with Crippen molar-refractivity contribution in [2.24, 2.45) is 0 Å². The number of carboxylic acids is 1. The van der Waals surface area contributed by atoms with E-state index >= 15 is 0 Å². The van der Waals surface area contributed by atoms with E-state index in [0.29, 0.717) is 24.0 Å². The summed E-state index contributed by atoms with van der Waals surface area (Å²) in [6.07, 6.45) is 0.787. The van der Waals surface area contributed by atoms with Gasteiger partial charge in [0.15, 0.2) is 11.6 Å². The van der Waals surface area contributed by atoms with Crippen molar-refractivity contribution in [2.75, 3.05) is 0 Å². The zero-order valence-corrected chi connectivity index (χ0v) is 8.46. The standard InChI is InChI=1S/C11H13FO3/c1-7-5-6-8(11(15)10(7)12)3-2-4-9(13)14/h5-6,15H,2-4H2,1H3,(H,13,14). The van der Waals surface area contributed by atoms with Crippen LogP contribution in [0.1, 0.15) is 24.0 Å². The van der Waals surface area contributed by atoms with E-state index in [1.807, 2.05) is 0 Å². The van der Waals surface area contributed by atoms with Gasteiger partial charge in [-0.1, -0.05) is 12.1 Å². The summed E-state index contributed by atoms with van der Waals surface area (Å²) in [5, 5.41) is 17.8. The summed E-state index contributed by atoms with van der Waals surface area (Å²) in [5.74, 6) is -1.87. The fourth-order valence-electron chi connectivity index (χ4n) is 1.34. The number of hydrogen-bond donors (Lipinski definition) is 2. The molecule has 0 aliphatic rings. The van der Waals surface area contributed by atoms with E-state index in [4.69, 9.17) is 5.11 Å². The number of benzene rings is 1. The molecule has 0 aromatic heterocycles. The lowest BCUT2D eigenvalue weighted by atomic mass is 10.0. The van der Waals surface area contributed by atoms with E-state index in [2.05, 4.69) is 0 Å². The van der Waals surface area contributed by atoms with Crippen molar-refractivity contribution < 1.29 is 19.4 Å². The van der Waals surface area contributed by atoms with Crippen LogP contribution in [0.15, 0.2) is 12.1 Å². The third kappa shape index (κ3) is 2.94. The molecule has 3 nitrogen and oxygen atoms in total. The largest absolute Gasteiger partial charge is 0.505 e. The van der Waals surface area contributed by atoms with Crippen LogP contribution in [0.5, 0.6) is 5.75 Å². The summed E-state index contributed by atoms with van der Waals surface area (Å²) in [6.45, 7) is 1.57. The van der Waals surface area contributed by atoms with Gasteiger partial charge in [0.1, 0.15) is 0 Å². The number of carboxylic acid groups (broad SMARTS) is 1. The quantitative estimate of drug-likeness (QED) is 0.804. The third-order valence-corrected chi connectivity index (χ3v) is 2.23. The van der Waals surface area contributed by atoms with E-state index in [1.54, 1.807) is 19.1 Å². The number of aliphatic carboxylic acids is 1. The molecule has 0 saturated heterocycles. The first-order valence-electron chi connectivity index (χ1n) is 4.71. The van der Waals surface area contributed by atoms with Crippen molar-refractivity contribution in [1.29, 1.82) is 0 Å². The van der Waals surface area contributed by atoms with Gasteiger partial charge in [-0.05, 0) is 30.9 Å². The Hall–Kier alpha value is -1.58. The van der Waals surface area contributed by atoms with Crippen LogP contribution in [-0.4, -0.2) is 16.2 Å². The Kier molecular flexibility index (Phi) is 3.66. The van der Waals surface area contributed by atoms with Crippen molar-refractivity contribution >= 4 is 5.97 Å². The minimum atomic E-state index is -0.887. The second-order valence-electron chi connectivity index (χ2n) is 3.45. The van der Waals surface area contributed by atoms with Crippen LogP contribution < -0.4 is 0 Å². The highest BCUT2D eigenvalue weighted by molar-refractivity contribution is 5.66. The van der Waals surface area contributed by atoms with Gasteiger partial charge in [-0.15, -0.1) is 0 Å². The van der Waals surface area contributed by atoms with Gasteiger partial charge >= 0.3 is 5.97 Å². The molecule has 0 unspecified atom stereocenters. The fraction of sp³-hybridized carbons (Fsp3) is 0.364. The van der Waals surface area contributed by atoms with Crippen molar-refractivity contribution in [3.63, 3.8) is 0 Å². The van der Waals surface area contributed by atoms with E-state index in [1.165, 1.54) is 0 Å². The Morgan fingerprint density at radius 1 is 1.47 bits per heavy atom. The Morgan fingerprint density at radius 2 is 2.13 bits per heavy atom. The maximum Gasteiger partial charge on any atom is 0.303 e. The predicted octanol–water partition coefficient (Wildman–Crippen LogP) is 2.25. The number of rotatable bonds is 4. The van der Waals surface area contributed by atoms with Gasteiger partial charge in [0.25, 0.3) is 0 Å². The highest BCUT2D eigenvalue weighted by atomic mass is 19.1. The molecule has 0 saturated carbocycles. The molecule has 0 aliphatic carbocycles. The van der Waals surface area contributed by atoms with Crippen LogP contribution in [0.2, 0.25) is 0 Å². The SMILES string of the molecule is Cc1ccc(CCCC(=O)O)c(O)c1F. The van der Waals surface area contributed by atoms with Crippen LogP contribution in [0.25, 0.3) is 0 Å². The molecule has 0 fully saturated rings. The first-order valence-corrected chi connectivity index (χ1v) is 4.71. The molecule has 1 aromatic rings. The predicted molar refractivity (Wildman–Crippen MR) is 53.4 cm³/mol. The lowest BCUT2D eigenvalue weighted by Crippen LogP contribution is -1.97. The van der Waals surface area contributed by atoms with Crippen LogP contribution in [0.3, 0.4) is 0 Å². The van der Waals surface area contributed by atoms with Gasteiger partial charge in [0.05, 0.1) is 0 Å². The number of hydrogen-bond acceptors (Lipinski definition) is 2. The zero-order valence-electron chi connectivity index (χ0n) is 8.46. The van der Waals surface area contributed by atoms with Crippen molar-refractivity contribution in [2.45, 2.75) is 26.2 Å². The summed E-state index contributed by atoms with van der Waals surface area (Å²) >= 11 is 0. The number of halogens is 1.